The van der Waals surface area contributed by atoms with Gasteiger partial charge in [-0.1, -0.05) is 24.3 Å². The number of hydrogen-bond donors (Lipinski definition) is 0. The van der Waals surface area contributed by atoms with Crippen LogP contribution in [0.1, 0.15) is 55.3 Å². The Morgan fingerprint density at radius 1 is 0.933 bits per heavy atom. The topological polar surface area (TPSA) is 62.6 Å². The second kappa shape index (κ2) is 6.99. The van der Waals surface area contributed by atoms with E-state index in [1.165, 1.54) is 4.90 Å². The fourth-order valence-electron chi connectivity index (χ4n) is 4.39. The van der Waals surface area contributed by atoms with Gasteiger partial charge in [0.15, 0.2) is 0 Å². The van der Waals surface area contributed by atoms with Crippen molar-refractivity contribution in [2.45, 2.75) is 26.1 Å². The van der Waals surface area contributed by atoms with Crippen LogP contribution >= 0.6 is 0 Å². The third kappa shape index (κ3) is 2.84. The number of amides is 3. The molecule has 0 fully saturated rings. The number of benzene rings is 2. The molecule has 3 amide bonds. The maximum Gasteiger partial charge on any atom is 0.261 e. The first kappa shape index (κ1) is 18.4. The molecule has 1 unspecified atom stereocenters. The van der Waals surface area contributed by atoms with Crippen molar-refractivity contribution in [2.75, 3.05) is 6.54 Å². The molecule has 2 aromatic carbocycles. The Morgan fingerprint density at radius 3 is 2.40 bits per heavy atom. The fourth-order valence-corrected chi connectivity index (χ4v) is 4.39. The molecule has 0 spiro atoms. The lowest BCUT2D eigenvalue weighted by Gasteiger charge is -2.35. The molecule has 30 heavy (non-hydrogen) atoms. The van der Waals surface area contributed by atoms with Gasteiger partial charge in [0, 0.05) is 30.5 Å². The Balaban J connectivity index is 1.37. The molecule has 3 aromatic rings. The summed E-state index contributed by atoms with van der Waals surface area (Å²) in [5, 5.41) is 0. The number of aromatic nitrogens is 1. The van der Waals surface area contributed by atoms with E-state index in [2.05, 4.69) is 4.57 Å². The molecule has 2 aliphatic rings. The van der Waals surface area contributed by atoms with Crippen LogP contribution in [-0.4, -0.2) is 38.6 Å². The molecule has 0 bridgehead atoms. The molecule has 5 rings (SSSR count). The Morgan fingerprint density at radius 2 is 1.67 bits per heavy atom. The summed E-state index contributed by atoms with van der Waals surface area (Å²) in [6.07, 6.45) is 2.04. The first-order chi connectivity index (χ1) is 14.5. The zero-order valence-corrected chi connectivity index (χ0v) is 16.6. The molecule has 6 nitrogen and oxygen atoms in total. The van der Waals surface area contributed by atoms with Gasteiger partial charge in [0.1, 0.15) is 0 Å². The standard InChI is InChI=1S/C24H21N3O3/c1-16-21-10-5-11-25(21)12-13-26(16)22(28)18-7-4-6-17(14-18)15-27-23(29)19-8-2-3-9-20(19)24(27)30/h2-11,14,16H,12-13,15H2,1H3. The van der Waals surface area contributed by atoms with Gasteiger partial charge in [-0.2, -0.15) is 0 Å². The van der Waals surface area contributed by atoms with E-state index in [4.69, 9.17) is 0 Å². The molecule has 0 aliphatic carbocycles. The molecular formula is C24H21N3O3. The van der Waals surface area contributed by atoms with Crippen LogP contribution in [0, 0.1) is 0 Å². The highest BCUT2D eigenvalue weighted by Crippen LogP contribution is 2.28. The summed E-state index contributed by atoms with van der Waals surface area (Å²) in [4.78, 5) is 41.6. The van der Waals surface area contributed by atoms with E-state index in [1.54, 1.807) is 42.5 Å². The Labute approximate surface area is 174 Å². The van der Waals surface area contributed by atoms with Crippen LogP contribution < -0.4 is 0 Å². The molecule has 2 aliphatic heterocycles. The minimum Gasteiger partial charge on any atom is -0.348 e. The summed E-state index contributed by atoms with van der Waals surface area (Å²) >= 11 is 0. The van der Waals surface area contributed by atoms with Gasteiger partial charge in [0.05, 0.1) is 23.7 Å². The normalized spacial score (nSPS) is 17.8. The van der Waals surface area contributed by atoms with Gasteiger partial charge in [-0.15, -0.1) is 0 Å². The van der Waals surface area contributed by atoms with Crippen LogP contribution in [0.2, 0.25) is 0 Å². The molecule has 6 heteroatoms. The van der Waals surface area contributed by atoms with Crippen LogP contribution in [0.3, 0.4) is 0 Å². The van der Waals surface area contributed by atoms with Crippen molar-refractivity contribution >= 4 is 17.7 Å². The zero-order valence-electron chi connectivity index (χ0n) is 16.6. The monoisotopic (exact) mass is 399 g/mol. The molecule has 0 saturated heterocycles. The number of nitrogens with zero attached hydrogens (tertiary/aromatic N) is 3. The Kier molecular flexibility index (Phi) is 4.28. The van der Waals surface area contributed by atoms with Crippen molar-refractivity contribution in [3.8, 4) is 0 Å². The largest absolute Gasteiger partial charge is 0.348 e. The van der Waals surface area contributed by atoms with Crippen LogP contribution in [-0.2, 0) is 13.1 Å². The van der Waals surface area contributed by atoms with Crippen molar-refractivity contribution in [2.24, 2.45) is 0 Å². The highest BCUT2D eigenvalue weighted by Gasteiger charge is 2.35. The van der Waals surface area contributed by atoms with Crippen molar-refractivity contribution in [1.82, 2.24) is 14.4 Å². The second-order valence-electron chi connectivity index (χ2n) is 7.74. The molecule has 0 N–H and O–H groups in total. The number of carbonyl (C=O) groups excluding carboxylic acids is 3. The van der Waals surface area contributed by atoms with Crippen LogP contribution in [0.5, 0.6) is 0 Å². The fraction of sp³-hybridized carbons (Fsp3) is 0.208. The summed E-state index contributed by atoms with van der Waals surface area (Å²) in [6.45, 7) is 3.59. The highest BCUT2D eigenvalue weighted by atomic mass is 16.2. The number of hydrogen-bond acceptors (Lipinski definition) is 3. The van der Waals surface area contributed by atoms with Gasteiger partial charge in [-0.25, -0.2) is 0 Å². The van der Waals surface area contributed by atoms with Crippen molar-refractivity contribution in [1.29, 1.82) is 0 Å². The van der Waals surface area contributed by atoms with Gasteiger partial charge in [0.2, 0.25) is 0 Å². The molecule has 0 saturated carbocycles. The molecule has 1 aromatic heterocycles. The molecule has 3 heterocycles. The zero-order chi connectivity index (χ0) is 20.8. The smallest absolute Gasteiger partial charge is 0.261 e. The maximum atomic E-state index is 13.2. The first-order valence-corrected chi connectivity index (χ1v) is 10.0. The summed E-state index contributed by atoms with van der Waals surface area (Å²) in [7, 11) is 0. The number of fused-ring (bicyclic) bond motifs is 2. The van der Waals surface area contributed by atoms with Gasteiger partial charge >= 0.3 is 0 Å². The van der Waals surface area contributed by atoms with Crippen LogP contribution in [0.25, 0.3) is 0 Å². The van der Waals surface area contributed by atoms with E-state index < -0.39 is 0 Å². The van der Waals surface area contributed by atoms with Crippen LogP contribution in [0.15, 0.2) is 66.9 Å². The number of imide groups is 1. The third-order valence-electron chi connectivity index (χ3n) is 6.00. The Bertz CT molecular complexity index is 1140. The SMILES string of the molecule is CC1c2cccn2CCN1C(=O)c1cccc(CN2C(=O)c3ccccc3C2=O)c1. The predicted molar refractivity (Wildman–Crippen MR) is 111 cm³/mol. The number of carbonyl (C=O) groups is 3. The highest BCUT2D eigenvalue weighted by molar-refractivity contribution is 6.21. The van der Waals surface area contributed by atoms with E-state index in [0.717, 1.165) is 17.8 Å². The average molecular weight is 399 g/mol. The van der Waals surface area contributed by atoms with Crippen molar-refractivity contribution in [3.63, 3.8) is 0 Å². The Hall–Kier alpha value is -3.67. The van der Waals surface area contributed by atoms with E-state index in [9.17, 15) is 14.4 Å². The summed E-state index contributed by atoms with van der Waals surface area (Å²) in [5.74, 6) is -0.630. The van der Waals surface area contributed by atoms with Crippen molar-refractivity contribution < 1.29 is 14.4 Å². The molecule has 0 radical (unpaired) electrons. The lowest BCUT2D eigenvalue weighted by Crippen LogP contribution is -2.40. The van der Waals surface area contributed by atoms with E-state index >= 15 is 0 Å². The molecular weight excluding hydrogens is 378 g/mol. The minimum absolute atomic E-state index is 0.0128. The first-order valence-electron chi connectivity index (χ1n) is 10.0. The quantitative estimate of drug-likeness (QED) is 0.634. The van der Waals surface area contributed by atoms with Gasteiger partial charge in [-0.05, 0) is 48.9 Å². The summed E-state index contributed by atoms with van der Waals surface area (Å²) in [5.41, 5.74) is 3.30. The van der Waals surface area contributed by atoms with Crippen molar-refractivity contribution in [3.05, 3.63) is 94.8 Å². The summed E-state index contributed by atoms with van der Waals surface area (Å²) < 4.78 is 2.17. The number of rotatable bonds is 3. The second-order valence-corrected chi connectivity index (χ2v) is 7.74. The van der Waals surface area contributed by atoms with E-state index in [-0.39, 0.29) is 30.3 Å². The van der Waals surface area contributed by atoms with Gasteiger partial charge < -0.3 is 9.47 Å². The van der Waals surface area contributed by atoms with Crippen LogP contribution in [0.4, 0.5) is 0 Å². The molecule has 1 atom stereocenters. The average Bonchev–Trinajstić information content (AvgIpc) is 3.34. The van der Waals surface area contributed by atoms with Gasteiger partial charge in [0.25, 0.3) is 17.7 Å². The lowest BCUT2D eigenvalue weighted by molar-refractivity contribution is 0.0637. The van der Waals surface area contributed by atoms with E-state index in [1.807, 2.05) is 36.2 Å². The lowest BCUT2D eigenvalue weighted by atomic mass is 10.1. The third-order valence-corrected chi connectivity index (χ3v) is 6.00. The predicted octanol–water partition coefficient (Wildman–Crippen LogP) is 3.50. The van der Waals surface area contributed by atoms with E-state index in [0.29, 0.717) is 23.2 Å². The maximum absolute atomic E-state index is 13.2. The van der Waals surface area contributed by atoms with Gasteiger partial charge in [-0.3, -0.25) is 19.3 Å². The summed E-state index contributed by atoms with van der Waals surface area (Å²) in [6, 6.07) is 18.1. The minimum atomic E-state index is -0.294. The molecule has 150 valence electrons.